The molecule has 3 N–H and O–H groups in total. The molecule has 1 aliphatic heterocycles. The van der Waals surface area contributed by atoms with Gasteiger partial charge in [-0.25, -0.2) is 15.1 Å². The molecule has 1 heterocycles. The first-order valence-corrected chi connectivity index (χ1v) is 11.4. The fourth-order valence-electron chi connectivity index (χ4n) is 4.69. The number of nitrogens with one attached hydrogen (secondary N) is 2. The molecule has 178 valence electrons. The number of hydroxylamine groups is 1. The van der Waals surface area contributed by atoms with Crippen LogP contribution >= 0.6 is 0 Å². The molecule has 34 heavy (non-hydrogen) atoms. The van der Waals surface area contributed by atoms with Crippen LogP contribution in [0.4, 0.5) is 4.79 Å². The van der Waals surface area contributed by atoms with Gasteiger partial charge in [-0.3, -0.25) is 9.63 Å². The third kappa shape index (κ3) is 4.24. The van der Waals surface area contributed by atoms with Crippen molar-refractivity contribution in [2.75, 3.05) is 19.8 Å². The number of carboxylic acids is 1. The minimum Gasteiger partial charge on any atom is -0.479 e. The highest BCUT2D eigenvalue weighted by atomic mass is 16.7. The van der Waals surface area contributed by atoms with Crippen molar-refractivity contribution in [3.05, 3.63) is 59.7 Å². The van der Waals surface area contributed by atoms with Crippen LogP contribution in [0.15, 0.2) is 48.5 Å². The standard InChI is InChI=1S/C25H26N2O7/c28-22(29)21(15-9-10-15)34-27-23(30)25(11-12-32-14-25)26-24(31)33-13-20-18-7-3-1-5-16(18)17-6-2-4-8-19(17)20/h1-8,15,20-21H,9-14H2,(H,26,31)(H,27,30)(H,28,29). The number of ether oxygens (including phenoxy) is 2. The van der Waals surface area contributed by atoms with Gasteiger partial charge in [-0.2, -0.15) is 0 Å². The van der Waals surface area contributed by atoms with E-state index in [1.54, 1.807) is 0 Å². The number of fused-ring (bicyclic) bond motifs is 3. The van der Waals surface area contributed by atoms with E-state index in [1.807, 2.05) is 36.4 Å². The first-order chi connectivity index (χ1) is 16.5. The number of aliphatic carboxylic acids is 1. The van der Waals surface area contributed by atoms with Crippen LogP contribution in [0.25, 0.3) is 11.1 Å². The number of carbonyl (C=O) groups excluding carboxylic acids is 2. The summed E-state index contributed by atoms with van der Waals surface area (Å²) in [6.07, 6.45) is -0.177. The number of carbonyl (C=O) groups is 3. The zero-order valence-electron chi connectivity index (χ0n) is 18.5. The fraction of sp³-hybridized carbons (Fsp3) is 0.400. The highest BCUT2D eigenvalue weighted by Crippen LogP contribution is 2.44. The summed E-state index contributed by atoms with van der Waals surface area (Å²) >= 11 is 0. The van der Waals surface area contributed by atoms with Gasteiger partial charge in [-0.05, 0) is 41.0 Å². The Morgan fingerprint density at radius 3 is 2.26 bits per heavy atom. The summed E-state index contributed by atoms with van der Waals surface area (Å²) in [6.45, 7) is 0.313. The molecule has 0 aromatic heterocycles. The smallest absolute Gasteiger partial charge is 0.408 e. The van der Waals surface area contributed by atoms with Gasteiger partial charge in [-0.15, -0.1) is 0 Å². The average molecular weight is 466 g/mol. The molecule has 0 spiro atoms. The Labute approximate surface area is 196 Å². The maximum atomic E-state index is 12.9. The van der Waals surface area contributed by atoms with Gasteiger partial charge >= 0.3 is 12.1 Å². The van der Waals surface area contributed by atoms with E-state index in [0.29, 0.717) is 0 Å². The molecule has 1 saturated carbocycles. The zero-order valence-corrected chi connectivity index (χ0v) is 18.5. The SMILES string of the molecule is O=C(NC1(C(=O)NOC(C(=O)O)C2CC2)CCOC1)OCC1c2ccccc2-c2ccccc21. The Morgan fingerprint density at radius 1 is 1.06 bits per heavy atom. The lowest BCUT2D eigenvalue weighted by atomic mass is 9.98. The van der Waals surface area contributed by atoms with Crippen LogP contribution in [0.2, 0.25) is 0 Å². The Kier molecular flexibility index (Phi) is 5.97. The van der Waals surface area contributed by atoms with Gasteiger partial charge in [-0.1, -0.05) is 48.5 Å². The Hall–Kier alpha value is -3.43. The van der Waals surface area contributed by atoms with Crippen LogP contribution < -0.4 is 10.8 Å². The predicted octanol–water partition coefficient (Wildman–Crippen LogP) is 2.60. The second-order valence-electron chi connectivity index (χ2n) is 8.98. The molecule has 2 amide bonds. The van der Waals surface area contributed by atoms with Gasteiger partial charge in [0.2, 0.25) is 0 Å². The van der Waals surface area contributed by atoms with E-state index >= 15 is 0 Å². The molecule has 2 unspecified atom stereocenters. The molecule has 2 atom stereocenters. The number of rotatable bonds is 8. The Bertz CT molecular complexity index is 1060. The van der Waals surface area contributed by atoms with Crippen LogP contribution in [-0.4, -0.2) is 54.5 Å². The lowest BCUT2D eigenvalue weighted by Gasteiger charge is -2.27. The third-order valence-corrected chi connectivity index (χ3v) is 6.71. The summed E-state index contributed by atoms with van der Waals surface area (Å²) in [5.41, 5.74) is 5.24. The molecule has 9 heteroatoms. The van der Waals surface area contributed by atoms with Crippen molar-refractivity contribution in [2.24, 2.45) is 5.92 Å². The average Bonchev–Trinajstić information content (AvgIpc) is 3.46. The number of hydrogen-bond acceptors (Lipinski definition) is 6. The molecule has 1 saturated heterocycles. The summed E-state index contributed by atoms with van der Waals surface area (Å²) in [7, 11) is 0. The molecule has 2 aromatic carbocycles. The highest BCUT2D eigenvalue weighted by molar-refractivity contribution is 5.90. The first kappa shape index (κ1) is 22.4. The molecular weight excluding hydrogens is 440 g/mol. The van der Waals surface area contributed by atoms with Crippen molar-refractivity contribution >= 4 is 18.0 Å². The summed E-state index contributed by atoms with van der Waals surface area (Å²) < 4.78 is 10.9. The molecule has 9 nitrogen and oxygen atoms in total. The number of amides is 2. The summed E-state index contributed by atoms with van der Waals surface area (Å²) in [5, 5.41) is 11.9. The number of hydrogen-bond donors (Lipinski definition) is 3. The van der Waals surface area contributed by atoms with Gasteiger partial charge in [0.05, 0.1) is 6.61 Å². The lowest BCUT2D eigenvalue weighted by Crippen LogP contribution is -2.60. The summed E-state index contributed by atoms with van der Waals surface area (Å²) in [5.74, 6) is -2.03. The van der Waals surface area contributed by atoms with Crippen molar-refractivity contribution in [1.29, 1.82) is 0 Å². The van der Waals surface area contributed by atoms with E-state index in [2.05, 4.69) is 22.9 Å². The summed E-state index contributed by atoms with van der Waals surface area (Å²) in [4.78, 5) is 42.2. The van der Waals surface area contributed by atoms with E-state index in [1.165, 1.54) is 0 Å². The number of carboxylic acid groups (broad SMARTS) is 1. The zero-order chi connectivity index (χ0) is 23.7. The van der Waals surface area contributed by atoms with Crippen molar-refractivity contribution < 1.29 is 33.8 Å². The van der Waals surface area contributed by atoms with Crippen molar-refractivity contribution in [1.82, 2.24) is 10.8 Å². The molecule has 5 rings (SSSR count). The van der Waals surface area contributed by atoms with Gasteiger partial charge in [0.25, 0.3) is 5.91 Å². The maximum Gasteiger partial charge on any atom is 0.408 e. The predicted molar refractivity (Wildman–Crippen MR) is 120 cm³/mol. The summed E-state index contributed by atoms with van der Waals surface area (Å²) in [6, 6.07) is 16.0. The first-order valence-electron chi connectivity index (χ1n) is 11.4. The van der Waals surface area contributed by atoms with E-state index in [-0.39, 0.29) is 38.1 Å². The van der Waals surface area contributed by atoms with E-state index in [0.717, 1.165) is 35.1 Å². The van der Waals surface area contributed by atoms with Crippen molar-refractivity contribution in [2.45, 2.75) is 36.8 Å². The van der Waals surface area contributed by atoms with Gasteiger partial charge in [0.15, 0.2) is 6.10 Å². The van der Waals surface area contributed by atoms with E-state index < -0.39 is 29.6 Å². The van der Waals surface area contributed by atoms with Crippen LogP contribution in [0, 0.1) is 5.92 Å². The molecule has 0 bridgehead atoms. The van der Waals surface area contributed by atoms with Gasteiger partial charge < -0.3 is 19.9 Å². The molecular formula is C25H26N2O7. The molecule has 2 aliphatic carbocycles. The van der Waals surface area contributed by atoms with E-state index in [4.69, 9.17) is 14.3 Å². The second-order valence-corrected chi connectivity index (χ2v) is 8.98. The minimum atomic E-state index is -1.39. The lowest BCUT2D eigenvalue weighted by molar-refractivity contribution is -0.164. The highest BCUT2D eigenvalue weighted by Gasteiger charge is 2.46. The van der Waals surface area contributed by atoms with Crippen LogP contribution in [-0.2, 0) is 23.9 Å². The Morgan fingerprint density at radius 2 is 1.71 bits per heavy atom. The van der Waals surface area contributed by atoms with Gasteiger partial charge in [0.1, 0.15) is 12.1 Å². The quantitative estimate of drug-likeness (QED) is 0.511. The number of alkyl carbamates (subject to hydrolysis) is 1. The Balaban J connectivity index is 1.23. The maximum absolute atomic E-state index is 12.9. The third-order valence-electron chi connectivity index (χ3n) is 6.71. The van der Waals surface area contributed by atoms with Crippen LogP contribution in [0.3, 0.4) is 0 Å². The van der Waals surface area contributed by atoms with Crippen LogP contribution in [0.5, 0.6) is 0 Å². The van der Waals surface area contributed by atoms with Crippen LogP contribution in [0.1, 0.15) is 36.3 Å². The monoisotopic (exact) mass is 466 g/mol. The molecule has 3 aliphatic rings. The molecule has 2 aromatic rings. The second kappa shape index (κ2) is 9.08. The minimum absolute atomic E-state index is 0.0619. The van der Waals surface area contributed by atoms with Gasteiger partial charge in [0, 0.05) is 18.9 Å². The molecule has 2 fully saturated rings. The van der Waals surface area contributed by atoms with E-state index in [9.17, 15) is 19.5 Å². The van der Waals surface area contributed by atoms with Crippen molar-refractivity contribution in [3.8, 4) is 11.1 Å². The normalized spacial score (nSPS) is 21.9. The molecule has 0 radical (unpaired) electrons. The number of benzene rings is 2. The topological polar surface area (TPSA) is 123 Å². The largest absolute Gasteiger partial charge is 0.479 e. The fourth-order valence-corrected chi connectivity index (χ4v) is 4.69. The van der Waals surface area contributed by atoms with Crippen molar-refractivity contribution in [3.63, 3.8) is 0 Å².